The van der Waals surface area contributed by atoms with Gasteiger partial charge in [-0.2, -0.15) is 0 Å². The average molecular weight is 315 g/mol. The van der Waals surface area contributed by atoms with Crippen LogP contribution in [0, 0.1) is 5.41 Å². The van der Waals surface area contributed by atoms with Crippen LogP contribution in [0.4, 0.5) is 4.79 Å². The molecule has 2 heterocycles. The summed E-state index contributed by atoms with van der Waals surface area (Å²) in [5, 5.41) is 17.1. The summed E-state index contributed by atoms with van der Waals surface area (Å²) < 4.78 is 5.73. The van der Waals surface area contributed by atoms with Crippen LogP contribution in [0.1, 0.15) is 38.1 Å². The first-order valence-corrected chi connectivity index (χ1v) is 7.72. The summed E-state index contributed by atoms with van der Waals surface area (Å²) in [6.07, 6.45) is -0.111. The van der Waals surface area contributed by atoms with Crippen LogP contribution >= 0.6 is 0 Å². The zero-order valence-corrected chi connectivity index (χ0v) is 13.6. The summed E-state index contributed by atoms with van der Waals surface area (Å²) in [6.45, 7) is 7.51. The van der Waals surface area contributed by atoms with Crippen LogP contribution < -0.4 is 0 Å². The third kappa shape index (κ3) is 3.52. The minimum atomic E-state index is -0.852. The number of amides is 1. The SMILES string of the molecule is CC(C)(C)Cc1nnc(-c2ccc(C3CN(C(=O)O)C3)cc2)o1. The Morgan fingerprint density at radius 1 is 1.26 bits per heavy atom. The predicted molar refractivity (Wildman–Crippen MR) is 85.2 cm³/mol. The molecule has 1 fully saturated rings. The van der Waals surface area contributed by atoms with Crippen LogP contribution in [0.25, 0.3) is 11.5 Å². The smallest absolute Gasteiger partial charge is 0.407 e. The molecule has 122 valence electrons. The van der Waals surface area contributed by atoms with Crippen molar-refractivity contribution in [2.45, 2.75) is 33.1 Å². The van der Waals surface area contributed by atoms with Gasteiger partial charge in [-0.1, -0.05) is 32.9 Å². The molecule has 1 aromatic heterocycles. The number of hydrogen-bond acceptors (Lipinski definition) is 4. The Labute approximate surface area is 135 Å². The van der Waals surface area contributed by atoms with Crippen molar-refractivity contribution in [3.8, 4) is 11.5 Å². The Balaban J connectivity index is 1.67. The molecule has 0 unspecified atom stereocenters. The van der Waals surface area contributed by atoms with Crippen molar-refractivity contribution in [1.82, 2.24) is 15.1 Å². The van der Waals surface area contributed by atoms with E-state index in [4.69, 9.17) is 9.52 Å². The molecule has 3 rings (SSSR count). The molecule has 23 heavy (non-hydrogen) atoms. The monoisotopic (exact) mass is 315 g/mol. The van der Waals surface area contributed by atoms with E-state index in [0.717, 1.165) is 17.5 Å². The standard InChI is InChI=1S/C17H21N3O3/c1-17(2,3)8-14-18-19-15(23-14)12-6-4-11(5-7-12)13-9-20(10-13)16(21)22/h4-7,13H,8-10H2,1-3H3,(H,21,22). The number of hydrogen-bond donors (Lipinski definition) is 1. The van der Waals surface area contributed by atoms with Crippen molar-refractivity contribution in [3.63, 3.8) is 0 Å². The van der Waals surface area contributed by atoms with Gasteiger partial charge >= 0.3 is 6.09 Å². The molecular formula is C17H21N3O3. The van der Waals surface area contributed by atoms with Gasteiger partial charge < -0.3 is 14.4 Å². The molecule has 1 aromatic carbocycles. The molecule has 6 heteroatoms. The van der Waals surface area contributed by atoms with Crippen molar-refractivity contribution in [3.05, 3.63) is 35.7 Å². The van der Waals surface area contributed by atoms with Gasteiger partial charge in [-0.05, 0) is 23.1 Å². The zero-order chi connectivity index (χ0) is 16.6. The van der Waals surface area contributed by atoms with E-state index in [-0.39, 0.29) is 11.3 Å². The van der Waals surface area contributed by atoms with E-state index in [1.807, 2.05) is 24.3 Å². The summed E-state index contributed by atoms with van der Waals surface area (Å²) >= 11 is 0. The number of carboxylic acid groups (broad SMARTS) is 1. The molecule has 0 atom stereocenters. The van der Waals surface area contributed by atoms with Crippen LogP contribution in [0.3, 0.4) is 0 Å². The summed E-state index contributed by atoms with van der Waals surface area (Å²) in [5.74, 6) is 1.45. The molecule has 1 aliphatic heterocycles. The fourth-order valence-electron chi connectivity index (χ4n) is 2.64. The number of rotatable bonds is 3. The molecule has 1 saturated heterocycles. The number of nitrogens with zero attached hydrogens (tertiary/aromatic N) is 3. The van der Waals surface area contributed by atoms with Gasteiger partial charge in [-0.15, -0.1) is 10.2 Å². The lowest BCUT2D eigenvalue weighted by Gasteiger charge is -2.37. The van der Waals surface area contributed by atoms with E-state index in [1.165, 1.54) is 4.90 Å². The maximum Gasteiger partial charge on any atom is 0.407 e. The molecule has 1 N–H and O–H groups in total. The fourth-order valence-corrected chi connectivity index (χ4v) is 2.64. The van der Waals surface area contributed by atoms with Gasteiger partial charge in [0.15, 0.2) is 0 Å². The molecular weight excluding hydrogens is 294 g/mol. The van der Waals surface area contributed by atoms with E-state index >= 15 is 0 Å². The van der Waals surface area contributed by atoms with Crippen molar-refractivity contribution >= 4 is 6.09 Å². The first-order valence-electron chi connectivity index (χ1n) is 7.72. The number of likely N-dealkylation sites (tertiary alicyclic amines) is 1. The Hall–Kier alpha value is -2.37. The van der Waals surface area contributed by atoms with Crippen LogP contribution in [-0.2, 0) is 6.42 Å². The van der Waals surface area contributed by atoms with Gasteiger partial charge in [0.25, 0.3) is 0 Å². The van der Waals surface area contributed by atoms with Crippen molar-refractivity contribution in [2.24, 2.45) is 5.41 Å². The lowest BCUT2D eigenvalue weighted by atomic mass is 9.91. The van der Waals surface area contributed by atoms with Crippen LogP contribution in [0.5, 0.6) is 0 Å². The normalized spacial score (nSPS) is 15.5. The molecule has 0 radical (unpaired) electrons. The third-order valence-corrected chi connectivity index (χ3v) is 3.93. The van der Waals surface area contributed by atoms with Crippen LogP contribution in [0.15, 0.2) is 28.7 Å². The first kappa shape index (κ1) is 15.5. The van der Waals surface area contributed by atoms with Gasteiger partial charge in [0.05, 0.1) is 0 Å². The van der Waals surface area contributed by atoms with E-state index in [0.29, 0.717) is 24.9 Å². The Morgan fingerprint density at radius 2 is 1.91 bits per heavy atom. The summed E-state index contributed by atoms with van der Waals surface area (Å²) in [4.78, 5) is 12.2. The van der Waals surface area contributed by atoms with E-state index in [9.17, 15) is 4.79 Å². The van der Waals surface area contributed by atoms with Gasteiger partial charge in [0, 0.05) is 31.0 Å². The minimum absolute atomic E-state index is 0.105. The second kappa shape index (κ2) is 5.68. The van der Waals surface area contributed by atoms with Crippen LogP contribution in [-0.4, -0.2) is 39.4 Å². The fraction of sp³-hybridized carbons (Fsp3) is 0.471. The second-order valence-electron chi connectivity index (χ2n) is 7.24. The van der Waals surface area contributed by atoms with Crippen molar-refractivity contribution < 1.29 is 14.3 Å². The van der Waals surface area contributed by atoms with Gasteiger partial charge in [0.1, 0.15) is 0 Å². The Kier molecular flexibility index (Phi) is 3.83. The zero-order valence-electron chi connectivity index (χ0n) is 13.6. The highest BCUT2D eigenvalue weighted by Gasteiger charge is 2.31. The quantitative estimate of drug-likeness (QED) is 0.939. The summed E-state index contributed by atoms with van der Waals surface area (Å²) in [7, 11) is 0. The highest BCUT2D eigenvalue weighted by molar-refractivity contribution is 5.66. The maximum absolute atomic E-state index is 10.8. The predicted octanol–water partition coefficient (Wildman–Crippen LogP) is 3.40. The molecule has 0 bridgehead atoms. The molecule has 0 saturated carbocycles. The van der Waals surface area contributed by atoms with Gasteiger partial charge in [-0.3, -0.25) is 0 Å². The lowest BCUT2D eigenvalue weighted by molar-refractivity contribution is 0.105. The number of carbonyl (C=O) groups is 1. The maximum atomic E-state index is 10.8. The van der Waals surface area contributed by atoms with E-state index in [1.54, 1.807) is 0 Å². The molecule has 6 nitrogen and oxygen atoms in total. The molecule has 1 amide bonds. The number of aromatic nitrogens is 2. The van der Waals surface area contributed by atoms with Gasteiger partial charge in [0.2, 0.25) is 11.8 Å². The highest BCUT2D eigenvalue weighted by Crippen LogP contribution is 2.29. The summed E-state index contributed by atoms with van der Waals surface area (Å²) in [6, 6.07) is 7.92. The molecule has 1 aliphatic rings. The molecule has 0 spiro atoms. The van der Waals surface area contributed by atoms with Crippen molar-refractivity contribution in [2.75, 3.05) is 13.1 Å². The average Bonchev–Trinajstić information content (AvgIpc) is 2.83. The summed E-state index contributed by atoms with van der Waals surface area (Å²) in [5.41, 5.74) is 2.13. The Morgan fingerprint density at radius 3 is 2.48 bits per heavy atom. The highest BCUT2D eigenvalue weighted by atomic mass is 16.4. The van der Waals surface area contributed by atoms with Gasteiger partial charge in [-0.25, -0.2) is 4.79 Å². The lowest BCUT2D eigenvalue weighted by Crippen LogP contribution is -2.47. The second-order valence-corrected chi connectivity index (χ2v) is 7.24. The van der Waals surface area contributed by atoms with E-state index < -0.39 is 6.09 Å². The number of benzene rings is 1. The van der Waals surface area contributed by atoms with Crippen molar-refractivity contribution in [1.29, 1.82) is 0 Å². The largest absolute Gasteiger partial charge is 0.465 e. The molecule has 0 aliphatic carbocycles. The topological polar surface area (TPSA) is 79.5 Å². The van der Waals surface area contributed by atoms with E-state index in [2.05, 4.69) is 31.0 Å². The first-order chi connectivity index (χ1) is 10.8. The third-order valence-electron chi connectivity index (χ3n) is 3.93. The molecule has 2 aromatic rings. The van der Waals surface area contributed by atoms with Crippen LogP contribution in [0.2, 0.25) is 0 Å². The minimum Gasteiger partial charge on any atom is -0.465 e. The Bertz CT molecular complexity index is 695.